The fourth-order valence-electron chi connectivity index (χ4n) is 1.38. The van der Waals surface area contributed by atoms with E-state index in [1.165, 1.54) is 0 Å². The normalized spacial score (nSPS) is 9.83. The minimum Gasteiger partial charge on any atom is -0.353 e. The summed E-state index contributed by atoms with van der Waals surface area (Å²) in [5, 5.41) is 8.37. The molecule has 0 saturated heterocycles. The number of rotatable bonds is 7. The lowest BCUT2D eigenvalue weighted by Gasteiger charge is -2.07. The zero-order chi connectivity index (χ0) is 13.2. The summed E-state index contributed by atoms with van der Waals surface area (Å²) in [5.41, 5.74) is 0.554. The monoisotopic (exact) mass is 249 g/mol. The van der Waals surface area contributed by atoms with E-state index in [0.29, 0.717) is 12.1 Å². The molecule has 0 heterocycles. The number of benzene rings is 1. The Hall–Kier alpha value is -1.88. The molecule has 0 bridgehead atoms. The highest BCUT2D eigenvalue weighted by Crippen LogP contribution is 1.96. The highest BCUT2D eigenvalue weighted by molar-refractivity contribution is 5.96. The Morgan fingerprint density at radius 1 is 1.06 bits per heavy atom. The van der Waals surface area contributed by atoms with Gasteiger partial charge in [-0.25, -0.2) is 0 Å². The summed E-state index contributed by atoms with van der Waals surface area (Å²) in [5.74, 6) is -0.422. The smallest absolute Gasteiger partial charge is 0.251 e. The van der Waals surface area contributed by atoms with Crippen LogP contribution in [0.1, 0.15) is 17.3 Å². The highest BCUT2D eigenvalue weighted by atomic mass is 16.2. The maximum atomic E-state index is 11.6. The number of amides is 2. The van der Waals surface area contributed by atoms with Gasteiger partial charge in [-0.05, 0) is 18.7 Å². The average Bonchev–Trinajstić information content (AvgIpc) is 2.42. The molecular weight excluding hydrogens is 230 g/mol. The number of carbonyl (C=O) groups excluding carboxylic acids is 2. The Morgan fingerprint density at radius 3 is 2.44 bits per heavy atom. The first-order valence-corrected chi connectivity index (χ1v) is 6.04. The van der Waals surface area contributed by atoms with Gasteiger partial charge in [0.1, 0.15) is 0 Å². The third-order valence-corrected chi connectivity index (χ3v) is 2.32. The molecule has 0 aliphatic rings. The molecule has 1 aromatic rings. The molecule has 18 heavy (non-hydrogen) atoms. The first kappa shape index (κ1) is 14.2. The zero-order valence-electron chi connectivity index (χ0n) is 10.5. The Labute approximate surface area is 107 Å². The fourth-order valence-corrected chi connectivity index (χ4v) is 1.38. The van der Waals surface area contributed by atoms with Gasteiger partial charge in [-0.1, -0.05) is 25.1 Å². The molecule has 0 unspecified atom stereocenters. The summed E-state index contributed by atoms with van der Waals surface area (Å²) < 4.78 is 0. The predicted molar refractivity (Wildman–Crippen MR) is 70.3 cm³/mol. The summed E-state index contributed by atoms with van der Waals surface area (Å²) >= 11 is 0. The minimum atomic E-state index is -0.238. The van der Waals surface area contributed by atoms with Crippen molar-refractivity contribution in [1.29, 1.82) is 0 Å². The molecule has 0 saturated carbocycles. The van der Waals surface area contributed by atoms with Crippen LogP contribution in [0, 0.1) is 0 Å². The standard InChI is InChI=1S/C13H19N3O2/c1-2-14-8-9-15-12(17)10-16-13(18)11-6-4-3-5-7-11/h3-7,14H,2,8-10H2,1H3,(H,15,17)(H,16,18). The summed E-state index contributed by atoms with van der Waals surface area (Å²) in [6, 6.07) is 8.82. The lowest BCUT2D eigenvalue weighted by atomic mass is 10.2. The van der Waals surface area contributed by atoms with Crippen LogP contribution in [0.2, 0.25) is 0 Å². The molecule has 0 spiro atoms. The van der Waals surface area contributed by atoms with Crippen LogP contribution in [0.5, 0.6) is 0 Å². The molecule has 5 heteroatoms. The van der Waals surface area contributed by atoms with Gasteiger partial charge in [0, 0.05) is 18.7 Å². The van der Waals surface area contributed by atoms with Crippen LogP contribution in [-0.2, 0) is 4.79 Å². The molecule has 5 nitrogen and oxygen atoms in total. The lowest BCUT2D eigenvalue weighted by Crippen LogP contribution is -2.39. The van der Waals surface area contributed by atoms with Gasteiger partial charge in [0.05, 0.1) is 6.54 Å². The molecule has 1 aromatic carbocycles. The van der Waals surface area contributed by atoms with Gasteiger partial charge in [-0.2, -0.15) is 0 Å². The van der Waals surface area contributed by atoms with Crippen LogP contribution >= 0.6 is 0 Å². The van der Waals surface area contributed by atoms with E-state index in [9.17, 15) is 9.59 Å². The van der Waals surface area contributed by atoms with Gasteiger partial charge in [0.2, 0.25) is 5.91 Å². The molecule has 0 radical (unpaired) electrons. The predicted octanol–water partition coefficient (Wildman–Crippen LogP) is 0.142. The van der Waals surface area contributed by atoms with Gasteiger partial charge in [0.15, 0.2) is 0 Å². The van der Waals surface area contributed by atoms with Crippen molar-refractivity contribution in [2.45, 2.75) is 6.92 Å². The fraction of sp³-hybridized carbons (Fsp3) is 0.385. The molecular formula is C13H19N3O2. The van der Waals surface area contributed by atoms with Gasteiger partial charge in [-0.15, -0.1) is 0 Å². The SMILES string of the molecule is CCNCCNC(=O)CNC(=O)c1ccccc1. The van der Waals surface area contributed by atoms with Crippen molar-refractivity contribution in [1.82, 2.24) is 16.0 Å². The van der Waals surface area contributed by atoms with E-state index >= 15 is 0 Å². The second-order valence-electron chi connectivity index (χ2n) is 3.75. The van der Waals surface area contributed by atoms with Crippen LogP contribution in [-0.4, -0.2) is 38.0 Å². The Balaban J connectivity index is 2.20. The van der Waals surface area contributed by atoms with E-state index in [1.54, 1.807) is 24.3 Å². The molecule has 1 rings (SSSR count). The second kappa shape index (κ2) is 8.25. The van der Waals surface area contributed by atoms with Gasteiger partial charge < -0.3 is 16.0 Å². The number of hydrogen-bond donors (Lipinski definition) is 3. The van der Waals surface area contributed by atoms with Gasteiger partial charge in [-0.3, -0.25) is 9.59 Å². The maximum absolute atomic E-state index is 11.6. The van der Waals surface area contributed by atoms with E-state index in [0.717, 1.165) is 13.1 Å². The van der Waals surface area contributed by atoms with Gasteiger partial charge in [0.25, 0.3) is 5.91 Å². The van der Waals surface area contributed by atoms with Crippen LogP contribution in [0.15, 0.2) is 30.3 Å². The van der Waals surface area contributed by atoms with E-state index in [4.69, 9.17) is 0 Å². The number of hydrogen-bond acceptors (Lipinski definition) is 3. The molecule has 0 atom stereocenters. The van der Waals surface area contributed by atoms with E-state index in [2.05, 4.69) is 16.0 Å². The topological polar surface area (TPSA) is 70.2 Å². The number of likely N-dealkylation sites (N-methyl/N-ethyl adjacent to an activating group) is 1. The molecule has 0 aromatic heterocycles. The van der Waals surface area contributed by atoms with E-state index in [-0.39, 0.29) is 18.4 Å². The minimum absolute atomic E-state index is 0.000146. The summed E-state index contributed by atoms with van der Waals surface area (Å²) in [6.07, 6.45) is 0. The Bertz CT molecular complexity index is 379. The molecule has 2 amide bonds. The number of nitrogens with one attached hydrogen (secondary N) is 3. The maximum Gasteiger partial charge on any atom is 0.251 e. The third kappa shape index (κ3) is 5.45. The molecule has 0 aliphatic carbocycles. The van der Waals surface area contributed by atoms with Crippen LogP contribution < -0.4 is 16.0 Å². The first-order chi connectivity index (χ1) is 8.74. The van der Waals surface area contributed by atoms with Crippen molar-refractivity contribution in [3.05, 3.63) is 35.9 Å². The summed E-state index contributed by atoms with van der Waals surface area (Å²) in [6.45, 7) is 4.17. The van der Waals surface area contributed by atoms with E-state index in [1.807, 2.05) is 13.0 Å². The third-order valence-electron chi connectivity index (χ3n) is 2.32. The largest absolute Gasteiger partial charge is 0.353 e. The van der Waals surface area contributed by atoms with E-state index < -0.39 is 0 Å². The van der Waals surface area contributed by atoms with Crippen molar-refractivity contribution >= 4 is 11.8 Å². The van der Waals surface area contributed by atoms with Gasteiger partial charge >= 0.3 is 0 Å². The van der Waals surface area contributed by atoms with Crippen LogP contribution in [0.4, 0.5) is 0 Å². The Kier molecular flexibility index (Phi) is 6.50. The molecule has 0 fully saturated rings. The summed E-state index contributed by atoms with van der Waals surface area (Å²) in [4.78, 5) is 23.0. The van der Waals surface area contributed by atoms with Crippen LogP contribution in [0.25, 0.3) is 0 Å². The average molecular weight is 249 g/mol. The van der Waals surface area contributed by atoms with Crippen molar-refractivity contribution in [2.24, 2.45) is 0 Å². The highest BCUT2D eigenvalue weighted by Gasteiger charge is 2.06. The first-order valence-electron chi connectivity index (χ1n) is 6.04. The molecule has 3 N–H and O–H groups in total. The van der Waals surface area contributed by atoms with Crippen molar-refractivity contribution in [3.63, 3.8) is 0 Å². The second-order valence-corrected chi connectivity index (χ2v) is 3.75. The van der Waals surface area contributed by atoms with Crippen molar-refractivity contribution in [3.8, 4) is 0 Å². The number of carbonyl (C=O) groups is 2. The van der Waals surface area contributed by atoms with Crippen molar-refractivity contribution in [2.75, 3.05) is 26.2 Å². The zero-order valence-corrected chi connectivity index (χ0v) is 10.5. The molecule has 0 aliphatic heterocycles. The quantitative estimate of drug-likeness (QED) is 0.602. The lowest BCUT2D eigenvalue weighted by molar-refractivity contribution is -0.120. The molecule has 98 valence electrons. The summed E-state index contributed by atoms with van der Waals surface area (Å²) in [7, 11) is 0. The van der Waals surface area contributed by atoms with Crippen LogP contribution in [0.3, 0.4) is 0 Å². The van der Waals surface area contributed by atoms with Crippen molar-refractivity contribution < 1.29 is 9.59 Å². The Morgan fingerprint density at radius 2 is 1.78 bits per heavy atom.